The SMILES string of the molecule is O=C(O)C1CCc2cc(Br)sc2C1. The van der Waals surface area contributed by atoms with Crippen LogP contribution >= 0.6 is 27.3 Å². The molecule has 1 heterocycles. The summed E-state index contributed by atoms with van der Waals surface area (Å²) >= 11 is 5.09. The normalized spacial score (nSPS) is 21.2. The summed E-state index contributed by atoms with van der Waals surface area (Å²) in [5.41, 5.74) is 1.33. The second kappa shape index (κ2) is 3.42. The van der Waals surface area contributed by atoms with Crippen molar-refractivity contribution < 1.29 is 9.90 Å². The molecule has 2 rings (SSSR count). The first kappa shape index (κ1) is 9.21. The zero-order chi connectivity index (χ0) is 9.42. The van der Waals surface area contributed by atoms with E-state index in [1.54, 1.807) is 11.3 Å². The maximum atomic E-state index is 10.8. The van der Waals surface area contributed by atoms with Crippen LogP contribution in [0.5, 0.6) is 0 Å². The smallest absolute Gasteiger partial charge is 0.306 e. The molecule has 0 radical (unpaired) electrons. The van der Waals surface area contributed by atoms with Crippen LogP contribution in [0.2, 0.25) is 0 Å². The summed E-state index contributed by atoms with van der Waals surface area (Å²) in [7, 11) is 0. The van der Waals surface area contributed by atoms with E-state index in [4.69, 9.17) is 5.11 Å². The van der Waals surface area contributed by atoms with E-state index >= 15 is 0 Å². The van der Waals surface area contributed by atoms with E-state index in [1.807, 2.05) is 0 Å². The Balaban J connectivity index is 2.24. The molecule has 1 atom stereocenters. The second-order valence-corrected chi connectivity index (χ2v) is 5.79. The summed E-state index contributed by atoms with van der Waals surface area (Å²) < 4.78 is 1.11. The van der Waals surface area contributed by atoms with Gasteiger partial charge in [0.25, 0.3) is 0 Å². The van der Waals surface area contributed by atoms with Crippen molar-refractivity contribution in [3.8, 4) is 0 Å². The predicted octanol–water partition coefficient (Wildman–Crippen LogP) is 2.70. The minimum Gasteiger partial charge on any atom is -0.481 e. The van der Waals surface area contributed by atoms with E-state index in [-0.39, 0.29) is 5.92 Å². The van der Waals surface area contributed by atoms with Crippen LogP contribution in [0.4, 0.5) is 0 Å². The standard InChI is InChI=1S/C9H9BrO2S/c10-8-4-5-1-2-6(9(11)12)3-7(5)13-8/h4,6H,1-3H2,(H,11,12). The van der Waals surface area contributed by atoms with Gasteiger partial charge in [-0.2, -0.15) is 0 Å². The quantitative estimate of drug-likeness (QED) is 0.843. The Bertz CT molecular complexity index is 345. The highest BCUT2D eigenvalue weighted by Gasteiger charge is 2.25. The van der Waals surface area contributed by atoms with Crippen molar-refractivity contribution in [1.82, 2.24) is 0 Å². The number of hydrogen-bond donors (Lipinski definition) is 1. The second-order valence-electron chi connectivity index (χ2n) is 3.28. The van der Waals surface area contributed by atoms with Crippen molar-refractivity contribution in [3.05, 3.63) is 20.3 Å². The predicted molar refractivity (Wildman–Crippen MR) is 55.2 cm³/mol. The van der Waals surface area contributed by atoms with Crippen LogP contribution in [0, 0.1) is 5.92 Å². The van der Waals surface area contributed by atoms with Gasteiger partial charge in [-0.3, -0.25) is 4.79 Å². The van der Waals surface area contributed by atoms with Crippen LogP contribution in [0.15, 0.2) is 9.85 Å². The summed E-state index contributed by atoms with van der Waals surface area (Å²) in [5.74, 6) is -0.826. The van der Waals surface area contributed by atoms with Gasteiger partial charge in [-0.25, -0.2) is 0 Å². The Morgan fingerprint density at radius 2 is 2.46 bits per heavy atom. The van der Waals surface area contributed by atoms with Crippen LogP contribution in [-0.4, -0.2) is 11.1 Å². The lowest BCUT2D eigenvalue weighted by molar-refractivity contribution is -0.142. The average Bonchev–Trinajstić information content (AvgIpc) is 2.42. The lowest BCUT2D eigenvalue weighted by Crippen LogP contribution is -2.20. The topological polar surface area (TPSA) is 37.3 Å². The monoisotopic (exact) mass is 260 g/mol. The van der Waals surface area contributed by atoms with Gasteiger partial charge >= 0.3 is 5.97 Å². The molecule has 0 aromatic carbocycles. The Labute approximate surface area is 88.7 Å². The zero-order valence-electron chi connectivity index (χ0n) is 6.92. The summed E-state index contributed by atoms with van der Waals surface area (Å²) in [5, 5.41) is 8.86. The molecule has 1 aliphatic carbocycles. The molecule has 0 saturated carbocycles. The zero-order valence-corrected chi connectivity index (χ0v) is 9.32. The molecule has 4 heteroatoms. The average molecular weight is 261 g/mol. The van der Waals surface area contributed by atoms with E-state index in [0.717, 1.165) is 16.6 Å². The van der Waals surface area contributed by atoms with Crippen molar-refractivity contribution in [1.29, 1.82) is 0 Å². The van der Waals surface area contributed by atoms with Gasteiger partial charge in [0.05, 0.1) is 9.70 Å². The van der Waals surface area contributed by atoms with Crippen LogP contribution < -0.4 is 0 Å². The lowest BCUT2D eigenvalue weighted by atomic mass is 9.89. The first-order chi connectivity index (χ1) is 6.16. The molecule has 0 amide bonds. The summed E-state index contributed by atoms with van der Waals surface area (Å²) in [6.07, 6.45) is 2.40. The molecule has 13 heavy (non-hydrogen) atoms. The van der Waals surface area contributed by atoms with Crippen molar-refractivity contribution in [2.24, 2.45) is 5.92 Å². The Kier molecular flexibility index (Phi) is 2.43. The molecule has 1 aromatic heterocycles. The number of thiophene rings is 1. The molecule has 1 unspecified atom stereocenters. The number of carbonyl (C=O) groups is 1. The van der Waals surface area contributed by atoms with E-state index in [1.165, 1.54) is 10.4 Å². The third-order valence-corrected chi connectivity index (χ3v) is 4.11. The van der Waals surface area contributed by atoms with E-state index in [2.05, 4.69) is 22.0 Å². The van der Waals surface area contributed by atoms with Crippen LogP contribution in [0.25, 0.3) is 0 Å². The molecule has 2 nitrogen and oxygen atoms in total. The summed E-state index contributed by atoms with van der Waals surface area (Å²) in [6.45, 7) is 0. The number of hydrogen-bond acceptors (Lipinski definition) is 2. The Morgan fingerprint density at radius 1 is 1.69 bits per heavy atom. The largest absolute Gasteiger partial charge is 0.481 e. The fraction of sp³-hybridized carbons (Fsp3) is 0.444. The first-order valence-corrected chi connectivity index (χ1v) is 5.77. The van der Waals surface area contributed by atoms with Gasteiger partial charge < -0.3 is 5.11 Å². The molecule has 1 aromatic rings. The lowest BCUT2D eigenvalue weighted by Gasteiger charge is -2.17. The van der Waals surface area contributed by atoms with Crippen molar-refractivity contribution in [3.63, 3.8) is 0 Å². The maximum Gasteiger partial charge on any atom is 0.306 e. The van der Waals surface area contributed by atoms with Crippen LogP contribution in [0.3, 0.4) is 0 Å². The molecular formula is C9H9BrO2S. The van der Waals surface area contributed by atoms with Gasteiger partial charge in [0.1, 0.15) is 0 Å². The highest BCUT2D eigenvalue weighted by atomic mass is 79.9. The number of carboxylic acids is 1. The number of halogens is 1. The summed E-state index contributed by atoms with van der Waals surface area (Å²) in [6, 6.07) is 2.11. The number of aliphatic carboxylic acids is 1. The minimum atomic E-state index is -0.657. The molecule has 0 spiro atoms. The van der Waals surface area contributed by atoms with E-state index < -0.39 is 5.97 Å². The number of aryl methyl sites for hydroxylation is 1. The van der Waals surface area contributed by atoms with Gasteiger partial charge in [0, 0.05) is 4.88 Å². The summed E-state index contributed by atoms with van der Waals surface area (Å²) in [4.78, 5) is 12.0. The molecule has 1 N–H and O–H groups in total. The third-order valence-electron chi connectivity index (χ3n) is 2.41. The highest BCUT2D eigenvalue weighted by molar-refractivity contribution is 9.11. The van der Waals surface area contributed by atoms with Gasteiger partial charge in [0.2, 0.25) is 0 Å². The highest BCUT2D eigenvalue weighted by Crippen LogP contribution is 2.34. The fourth-order valence-corrected chi connectivity index (χ4v) is 3.56. The maximum absolute atomic E-state index is 10.8. The van der Waals surface area contributed by atoms with Crippen molar-refractivity contribution >= 4 is 33.2 Å². The molecule has 70 valence electrons. The number of fused-ring (bicyclic) bond motifs is 1. The molecule has 0 bridgehead atoms. The fourth-order valence-electron chi connectivity index (χ4n) is 1.68. The number of rotatable bonds is 1. The number of carboxylic acid groups (broad SMARTS) is 1. The molecular weight excluding hydrogens is 252 g/mol. The van der Waals surface area contributed by atoms with Gasteiger partial charge in [-0.05, 0) is 46.8 Å². The van der Waals surface area contributed by atoms with Crippen molar-refractivity contribution in [2.75, 3.05) is 0 Å². The third kappa shape index (κ3) is 1.79. The van der Waals surface area contributed by atoms with Gasteiger partial charge in [-0.1, -0.05) is 0 Å². The van der Waals surface area contributed by atoms with Gasteiger partial charge in [0.15, 0.2) is 0 Å². The first-order valence-electron chi connectivity index (χ1n) is 4.16. The molecule has 0 fully saturated rings. The van der Waals surface area contributed by atoms with E-state index in [9.17, 15) is 4.79 Å². The molecule has 0 saturated heterocycles. The van der Waals surface area contributed by atoms with Crippen molar-refractivity contribution in [2.45, 2.75) is 19.3 Å². The Hall–Kier alpha value is -0.350. The Morgan fingerprint density at radius 3 is 3.15 bits per heavy atom. The molecule has 1 aliphatic rings. The van der Waals surface area contributed by atoms with E-state index in [0.29, 0.717) is 6.42 Å². The van der Waals surface area contributed by atoms with Gasteiger partial charge in [-0.15, -0.1) is 11.3 Å². The minimum absolute atomic E-state index is 0.168. The van der Waals surface area contributed by atoms with Crippen LogP contribution in [-0.2, 0) is 17.6 Å². The molecule has 0 aliphatic heterocycles. The van der Waals surface area contributed by atoms with Crippen LogP contribution in [0.1, 0.15) is 16.9 Å².